The summed E-state index contributed by atoms with van der Waals surface area (Å²) in [6, 6.07) is 16.0. The van der Waals surface area contributed by atoms with Crippen molar-refractivity contribution in [3.63, 3.8) is 0 Å². The van der Waals surface area contributed by atoms with Crippen LogP contribution in [0.3, 0.4) is 0 Å². The van der Waals surface area contributed by atoms with Crippen molar-refractivity contribution >= 4 is 16.9 Å². The smallest absolute Gasteiger partial charge is 0.252 e. The first-order chi connectivity index (χ1) is 11.7. The molecule has 3 heteroatoms. The van der Waals surface area contributed by atoms with Crippen LogP contribution >= 0.6 is 0 Å². The highest BCUT2D eigenvalue weighted by Crippen LogP contribution is 2.43. The number of carbonyl (C=O) groups excluding carboxylic acids is 1. The van der Waals surface area contributed by atoms with E-state index in [1.165, 1.54) is 24.0 Å². The van der Waals surface area contributed by atoms with Crippen molar-refractivity contribution < 1.29 is 9.21 Å². The van der Waals surface area contributed by atoms with Crippen molar-refractivity contribution in [3.05, 3.63) is 71.5 Å². The van der Waals surface area contributed by atoms with Crippen LogP contribution in [-0.2, 0) is 0 Å². The lowest BCUT2D eigenvalue weighted by atomic mass is 9.90. The van der Waals surface area contributed by atoms with Gasteiger partial charge in [0, 0.05) is 17.8 Å². The molecule has 1 aromatic heterocycles. The summed E-state index contributed by atoms with van der Waals surface area (Å²) >= 11 is 0. The molecule has 0 saturated heterocycles. The van der Waals surface area contributed by atoms with E-state index in [2.05, 4.69) is 36.5 Å². The molecule has 4 rings (SSSR count). The van der Waals surface area contributed by atoms with Crippen LogP contribution < -0.4 is 5.32 Å². The van der Waals surface area contributed by atoms with Crippen molar-refractivity contribution in [1.29, 1.82) is 0 Å². The molecule has 1 aliphatic carbocycles. The number of aryl methyl sites for hydroxylation is 1. The van der Waals surface area contributed by atoms with E-state index in [0.717, 1.165) is 11.0 Å². The zero-order valence-electron chi connectivity index (χ0n) is 13.8. The van der Waals surface area contributed by atoms with Gasteiger partial charge in [0.15, 0.2) is 0 Å². The molecular formula is C21H21NO2. The van der Waals surface area contributed by atoms with Crippen LogP contribution in [0.25, 0.3) is 11.0 Å². The minimum atomic E-state index is -0.0266. The van der Waals surface area contributed by atoms with Gasteiger partial charge in [0.05, 0.1) is 11.8 Å². The fraction of sp³-hybridized carbons (Fsp3) is 0.286. The molecule has 3 aromatic rings. The number of benzene rings is 2. The first-order valence-electron chi connectivity index (χ1n) is 8.54. The number of hydrogen-bond donors (Lipinski definition) is 1. The molecule has 0 radical (unpaired) electrons. The van der Waals surface area contributed by atoms with Crippen LogP contribution in [0, 0.1) is 12.8 Å². The molecule has 24 heavy (non-hydrogen) atoms. The van der Waals surface area contributed by atoms with Crippen LogP contribution in [0.15, 0.2) is 59.2 Å². The van der Waals surface area contributed by atoms with E-state index in [0.29, 0.717) is 23.9 Å². The molecule has 1 fully saturated rings. The zero-order chi connectivity index (χ0) is 16.5. The van der Waals surface area contributed by atoms with Crippen molar-refractivity contribution in [2.75, 3.05) is 6.54 Å². The second-order valence-electron chi connectivity index (χ2n) is 6.65. The van der Waals surface area contributed by atoms with Gasteiger partial charge in [0.1, 0.15) is 5.58 Å². The average Bonchev–Trinajstić information content (AvgIpc) is 3.32. The summed E-state index contributed by atoms with van der Waals surface area (Å²) < 4.78 is 5.39. The second-order valence-corrected chi connectivity index (χ2v) is 6.65. The van der Waals surface area contributed by atoms with Gasteiger partial charge in [-0.05, 0) is 55.0 Å². The minimum Gasteiger partial charge on any atom is -0.464 e. The lowest BCUT2D eigenvalue weighted by Gasteiger charge is -2.20. The van der Waals surface area contributed by atoms with E-state index >= 15 is 0 Å². The topological polar surface area (TPSA) is 42.2 Å². The zero-order valence-corrected chi connectivity index (χ0v) is 13.8. The SMILES string of the molecule is Cc1ccccc1C(CNC(=O)c1cccc2occc12)C1CC1. The van der Waals surface area contributed by atoms with Gasteiger partial charge in [0.25, 0.3) is 5.91 Å². The summed E-state index contributed by atoms with van der Waals surface area (Å²) in [7, 11) is 0. The van der Waals surface area contributed by atoms with Gasteiger partial charge < -0.3 is 9.73 Å². The van der Waals surface area contributed by atoms with Crippen LogP contribution in [0.1, 0.15) is 40.2 Å². The Kier molecular flexibility index (Phi) is 3.85. The first-order valence-corrected chi connectivity index (χ1v) is 8.54. The molecule has 1 atom stereocenters. The highest BCUT2D eigenvalue weighted by Gasteiger charge is 2.33. The lowest BCUT2D eigenvalue weighted by molar-refractivity contribution is 0.0951. The largest absolute Gasteiger partial charge is 0.464 e. The maximum absolute atomic E-state index is 12.7. The lowest BCUT2D eigenvalue weighted by Crippen LogP contribution is -2.29. The number of amides is 1. The first kappa shape index (κ1) is 15.0. The van der Waals surface area contributed by atoms with Gasteiger partial charge in [0.2, 0.25) is 0 Å². The standard InChI is InChI=1S/C21H21NO2/c1-14-5-2-3-6-16(14)19(15-9-10-15)13-22-21(23)18-7-4-8-20-17(18)11-12-24-20/h2-8,11-12,15,19H,9-10,13H2,1H3,(H,22,23). The fourth-order valence-electron chi connectivity index (χ4n) is 3.52. The van der Waals surface area contributed by atoms with Gasteiger partial charge in [-0.25, -0.2) is 0 Å². The van der Waals surface area contributed by atoms with Crippen LogP contribution in [-0.4, -0.2) is 12.5 Å². The Bertz CT molecular complexity index is 876. The fourth-order valence-corrected chi connectivity index (χ4v) is 3.52. The molecule has 2 aromatic carbocycles. The Hall–Kier alpha value is -2.55. The van der Waals surface area contributed by atoms with Crippen molar-refractivity contribution in [2.24, 2.45) is 5.92 Å². The second kappa shape index (κ2) is 6.16. The molecule has 0 bridgehead atoms. The Morgan fingerprint density at radius 2 is 2.00 bits per heavy atom. The molecule has 122 valence electrons. The molecule has 1 aliphatic rings. The predicted octanol–water partition coefficient (Wildman–Crippen LogP) is 4.66. The van der Waals surface area contributed by atoms with Gasteiger partial charge >= 0.3 is 0 Å². The Morgan fingerprint density at radius 3 is 2.79 bits per heavy atom. The number of hydrogen-bond acceptors (Lipinski definition) is 2. The number of carbonyl (C=O) groups is 1. The molecule has 1 heterocycles. The number of fused-ring (bicyclic) bond motifs is 1. The summed E-state index contributed by atoms with van der Waals surface area (Å²) in [5.41, 5.74) is 4.10. The number of rotatable bonds is 5. The third kappa shape index (κ3) is 2.82. The summed E-state index contributed by atoms with van der Waals surface area (Å²) in [5, 5.41) is 4.02. The maximum atomic E-state index is 12.7. The van der Waals surface area contributed by atoms with Gasteiger partial charge in [-0.3, -0.25) is 4.79 Å². The number of furan rings is 1. The molecular weight excluding hydrogens is 298 g/mol. The third-order valence-electron chi connectivity index (χ3n) is 5.00. The summed E-state index contributed by atoms with van der Waals surface area (Å²) in [6.45, 7) is 2.83. The Morgan fingerprint density at radius 1 is 1.17 bits per heavy atom. The van der Waals surface area contributed by atoms with E-state index in [1.807, 2.05) is 24.3 Å². The summed E-state index contributed by atoms with van der Waals surface area (Å²) in [5.74, 6) is 1.07. The van der Waals surface area contributed by atoms with E-state index in [1.54, 1.807) is 6.26 Å². The van der Waals surface area contributed by atoms with E-state index in [-0.39, 0.29) is 5.91 Å². The van der Waals surface area contributed by atoms with E-state index in [4.69, 9.17) is 4.42 Å². The maximum Gasteiger partial charge on any atom is 0.252 e. The van der Waals surface area contributed by atoms with Gasteiger partial charge in [-0.15, -0.1) is 0 Å². The third-order valence-corrected chi connectivity index (χ3v) is 5.00. The van der Waals surface area contributed by atoms with Crippen molar-refractivity contribution in [3.8, 4) is 0 Å². The Balaban J connectivity index is 1.53. The molecule has 1 amide bonds. The van der Waals surface area contributed by atoms with Gasteiger partial charge in [-0.1, -0.05) is 30.3 Å². The average molecular weight is 319 g/mol. The van der Waals surface area contributed by atoms with Crippen LogP contribution in [0.4, 0.5) is 0 Å². The molecule has 0 aliphatic heterocycles. The van der Waals surface area contributed by atoms with Crippen molar-refractivity contribution in [1.82, 2.24) is 5.32 Å². The normalized spacial score (nSPS) is 15.4. The molecule has 1 unspecified atom stereocenters. The van der Waals surface area contributed by atoms with Crippen LogP contribution in [0.2, 0.25) is 0 Å². The highest BCUT2D eigenvalue weighted by atomic mass is 16.3. The van der Waals surface area contributed by atoms with Crippen molar-refractivity contribution in [2.45, 2.75) is 25.7 Å². The Labute approximate surface area is 141 Å². The predicted molar refractivity (Wildman–Crippen MR) is 95.2 cm³/mol. The number of nitrogens with one attached hydrogen (secondary N) is 1. The minimum absolute atomic E-state index is 0.0266. The van der Waals surface area contributed by atoms with E-state index in [9.17, 15) is 4.79 Å². The van der Waals surface area contributed by atoms with Crippen LogP contribution in [0.5, 0.6) is 0 Å². The molecule has 3 nitrogen and oxygen atoms in total. The molecule has 1 N–H and O–H groups in total. The van der Waals surface area contributed by atoms with E-state index < -0.39 is 0 Å². The van der Waals surface area contributed by atoms with Gasteiger partial charge in [-0.2, -0.15) is 0 Å². The monoisotopic (exact) mass is 319 g/mol. The highest BCUT2D eigenvalue weighted by molar-refractivity contribution is 6.05. The molecule has 1 saturated carbocycles. The summed E-state index contributed by atoms with van der Waals surface area (Å²) in [4.78, 5) is 12.7. The molecule has 0 spiro atoms. The quantitative estimate of drug-likeness (QED) is 0.743. The summed E-state index contributed by atoms with van der Waals surface area (Å²) in [6.07, 6.45) is 4.14.